The second kappa shape index (κ2) is 9.32. The highest BCUT2D eigenvalue weighted by Gasteiger charge is 2.12. The van der Waals surface area contributed by atoms with Gasteiger partial charge in [-0.2, -0.15) is 0 Å². The Morgan fingerprint density at radius 2 is 1.85 bits per heavy atom. The smallest absolute Gasteiger partial charge is 0.230 e. The maximum absolute atomic E-state index is 13.6. The van der Waals surface area contributed by atoms with Gasteiger partial charge in [-0.05, 0) is 30.5 Å². The first kappa shape index (κ1) is 19.1. The van der Waals surface area contributed by atoms with E-state index >= 15 is 0 Å². The topological polar surface area (TPSA) is 59.8 Å². The van der Waals surface area contributed by atoms with E-state index < -0.39 is 0 Å². The number of benzene rings is 2. The number of nitrogens with one attached hydrogen (secondary N) is 1. The van der Waals surface area contributed by atoms with Crippen molar-refractivity contribution in [1.82, 2.24) is 20.1 Å². The molecule has 0 spiro atoms. The SMILES string of the molecule is Cc1nnc(SCC(=O)NCCc2ccccc2F)n1Cc1ccccc1. The van der Waals surface area contributed by atoms with Crippen molar-refractivity contribution < 1.29 is 9.18 Å². The molecule has 3 rings (SSSR count). The van der Waals surface area contributed by atoms with Gasteiger partial charge in [0.25, 0.3) is 0 Å². The van der Waals surface area contributed by atoms with Crippen molar-refractivity contribution in [3.8, 4) is 0 Å². The number of rotatable bonds is 8. The average molecular weight is 384 g/mol. The Kier molecular flexibility index (Phi) is 6.59. The van der Waals surface area contributed by atoms with Gasteiger partial charge >= 0.3 is 0 Å². The number of thioether (sulfide) groups is 1. The second-order valence-corrected chi connectivity index (χ2v) is 7.02. The quantitative estimate of drug-likeness (QED) is 0.606. The van der Waals surface area contributed by atoms with E-state index in [1.807, 2.05) is 41.8 Å². The van der Waals surface area contributed by atoms with Crippen molar-refractivity contribution in [1.29, 1.82) is 0 Å². The van der Waals surface area contributed by atoms with Gasteiger partial charge in [-0.3, -0.25) is 4.79 Å². The number of aromatic nitrogens is 3. The second-order valence-electron chi connectivity index (χ2n) is 6.08. The summed E-state index contributed by atoms with van der Waals surface area (Å²) in [7, 11) is 0. The molecular formula is C20H21FN4OS. The van der Waals surface area contributed by atoms with Crippen LogP contribution in [0.2, 0.25) is 0 Å². The molecule has 0 radical (unpaired) electrons. The molecule has 2 aromatic carbocycles. The van der Waals surface area contributed by atoms with E-state index in [9.17, 15) is 9.18 Å². The van der Waals surface area contributed by atoms with Gasteiger partial charge in [0.1, 0.15) is 11.6 Å². The highest BCUT2D eigenvalue weighted by molar-refractivity contribution is 7.99. The van der Waals surface area contributed by atoms with E-state index in [-0.39, 0.29) is 17.5 Å². The molecule has 0 saturated carbocycles. The van der Waals surface area contributed by atoms with Gasteiger partial charge in [0.2, 0.25) is 5.91 Å². The zero-order valence-electron chi connectivity index (χ0n) is 15.1. The molecule has 0 atom stereocenters. The summed E-state index contributed by atoms with van der Waals surface area (Å²) in [6.07, 6.45) is 0.465. The number of carbonyl (C=O) groups is 1. The van der Waals surface area contributed by atoms with E-state index in [0.717, 1.165) is 11.4 Å². The van der Waals surface area contributed by atoms with Crippen molar-refractivity contribution in [3.05, 3.63) is 77.4 Å². The Morgan fingerprint density at radius 1 is 1.11 bits per heavy atom. The van der Waals surface area contributed by atoms with Crippen molar-refractivity contribution >= 4 is 17.7 Å². The Bertz CT molecular complexity index is 898. The highest BCUT2D eigenvalue weighted by atomic mass is 32.2. The summed E-state index contributed by atoms with van der Waals surface area (Å²) in [6.45, 7) is 2.96. The zero-order chi connectivity index (χ0) is 19.1. The van der Waals surface area contributed by atoms with Crippen molar-refractivity contribution in [3.63, 3.8) is 0 Å². The van der Waals surface area contributed by atoms with Crippen LogP contribution in [0.15, 0.2) is 59.8 Å². The van der Waals surface area contributed by atoms with Gasteiger partial charge in [0, 0.05) is 6.54 Å². The van der Waals surface area contributed by atoms with Crippen LogP contribution in [0.3, 0.4) is 0 Å². The van der Waals surface area contributed by atoms with Crippen LogP contribution in [-0.4, -0.2) is 33.0 Å². The Hall–Kier alpha value is -2.67. The van der Waals surface area contributed by atoms with Gasteiger partial charge in [-0.25, -0.2) is 4.39 Å². The summed E-state index contributed by atoms with van der Waals surface area (Å²) in [5, 5.41) is 11.8. The monoisotopic (exact) mass is 384 g/mol. The summed E-state index contributed by atoms with van der Waals surface area (Å²) in [5.74, 6) is 0.694. The van der Waals surface area contributed by atoms with E-state index in [4.69, 9.17) is 0 Å². The average Bonchev–Trinajstić information content (AvgIpc) is 3.02. The summed E-state index contributed by atoms with van der Waals surface area (Å²) in [5.41, 5.74) is 1.75. The Morgan fingerprint density at radius 3 is 2.63 bits per heavy atom. The number of carbonyl (C=O) groups excluding carboxylic acids is 1. The molecule has 0 bridgehead atoms. The molecular weight excluding hydrogens is 363 g/mol. The summed E-state index contributed by atoms with van der Waals surface area (Å²) in [4.78, 5) is 12.1. The number of nitrogens with zero attached hydrogens (tertiary/aromatic N) is 3. The normalized spacial score (nSPS) is 10.7. The minimum atomic E-state index is -0.245. The summed E-state index contributed by atoms with van der Waals surface area (Å²) < 4.78 is 15.6. The van der Waals surface area contributed by atoms with E-state index in [1.54, 1.807) is 18.2 Å². The van der Waals surface area contributed by atoms with Gasteiger partial charge in [0.15, 0.2) is 5.16 Å². The molecule has 0 unspecified atom stereocenters. The molecule has 0 saturated heterocycles. The molecule has 0 aliphatic heterocycles. The molecule has 27 heavy (non-hydrogen) atoms. The summed E-state index contributed by atoms with van der Waals surface area (Å²) in [6, 6.07) is 16.6. The van der Waals surface area contributed by atoms with Crippen LogP contribution in [0, 0.1) is 12.7 Å². The molecule has 0 aliphatic rings. The van der Waals surface area contributed by atoms with E-state index in [0.29, 0.717) is 30.2 Å². The third-order valence-electron chi connectivity index (χ3n) is 4.09. The number of halogens is 1. The molecule has 3 aromatic rings. The van der Waals surface area contributed by atoms with E-state index in [1.165, 1.54) is 17.8 Å². The number of hydrogen-bond donors (Lipinski definition) is 1. The van der Waals surface area contributed by atoms with Crippen molar-refractivity contribution in [2.24, 2.45) is 0 Å². The van der Waals surface area contributed by atoms with Gasteiger partial charge < -0.3 is 9.88 Å². The predicted octanol–water partition coefficient (Wildman–Crippen LogP) is 3.22. The Balaban J connectivity index is 1.50. The van der Waals surface area contributed by atoms with E-state index in [2.05, 4.69) is 15.5 Å². The lowest BCUT2D eigenvalue weighted by Gasteiger charge is -2.09. The molecule has 1 aromatic heterocycles. The lowest BCUT2D eigenvalue weighted by molar-refractivity contribution is -0.118. The van der Waals surface area contributed by atoms with Crippen molar-refractivity contribution in [2.75, 3.05) is 12.3 Å². The lowest BCUT2D eigenvalue weighted by atomic mass is 10.1. The van der Waals surface area contributed by atoms with Gasteiger partial charge in [0.05, 0.1) is 12.3 Å². The van der Waals surface area contributed by atoms with Crippen LogP contribution in [0.4, 0.5) is 4.39 Å². The zero-order valence-corrected chi connectivity index (χ0v) is 15.9. The minimum Gasteiger partial charge on any atom is -0.355 e. The fourth-order valence-electron chi connectivity index (χ4n) is 2.64. The molecule has 1 N–H and O–H groups in total. The van der Waals surface area contributed by atoms with Crippen LogP contribution >= 0.6 is 11.8 Å². The molecule has 140 valence electrons. The fourth-order valence-corrected chi connectivity index (χ4v) is 3.45. The standard InChI is InChI=1S/C20H21FN4OS/c1-15-23-24-20(25(15)13-16-7-3-2-4-8-16)27-14-19(26)22-12-11-17-9-5-6-10-18(17)21/h2-10H,11-14H2,1H3,(H,22,26). The largest absolute Gasteiger partial charge is 0.355 e. The number of aryl methyl sites for hydroxylation is 1. The summed E-state index contributed by atoms with van der Waals surface area (Å²) >= 11 is 1.35. The third kappa shape index (κ3) is 5.40. The Labute approximate surface area is 162 Å². The first-order valence-corrected chi connectivity index (χ1v) is 9.68. The minimum absolute atomic E-state index is 0.108. The molecule has 1 heterocycles. The first-order chi connectivity index (χ1) is 13.1. The molecule has 1 amide bonds. The van der Waals surface area contributed by atoms with Gasteiger partial charge in [-0.15, -0.1) is 10.2 Å². The third-order valence-corrected chi connectivity index (χ3v) is 5.06. The first-order valence-electron chi connectivity index (χ1n) is 8.70. The van der Waals surface area contributed by atoms with Crippen LogP contribution in [-0.2, 0) is 17.8 Å². The maximum atomic E-state index is 13.6. The predicted molar refractivity (Wildman–Crippen MR) is 104 cm³/mol. The van der Waals surface area contributed by atoms with Crippen LogP contribution < -0.4 is 5.32 Å². The molecule has 0 aliphatic carbocycles. The molecule has 0 fully saturated rings. The van der Waals surface area contributed by atoms with Crippen LogP contribution in [0.5, 0.6) is 0 Å². The highest BCUT2D eigenvalue weighted by Crippen LogP contribution is 2.18. The maximum Gasteiger partial charge on any atom is 0.230 e. The molecule has 5 nitrogen and oxygen atoms in total. The lowest BCUT2D eigenvalue weighted by Crippen LogP contribution is -2.27. The fraction of sp³-hybridized carbons (Fsp3) is 0.250. The number of hydrogen-bond acceptors (Lipinski definition) is 4. The van der Waals surface area contributed by atoms with Crippen LogP contribution in [0.25, 0.3) is 0 Å². The number of amides is 1. The van der Waals surface area contributed by atoms with Gasteiger partial charge in [-0.1, -0.05) is 60.3 Å². The molecule has 7 heteroatoms. The van der Waals surface area contributed by atoms with Crippen molar-refractivity contribution in [2.45, 2.75) is 25.0 Å². The van der Waals surface area contributed by atoms with Crippen LogP contribution in [0.1, 0.15) is 17.0 Å².